The monoisotopic (exact) mass is 242 g/mol. The summed E-state index contributed by atoms with van der Waals surface area (Å²) in [5, 5.41) is 10.2. The first-order valence-corrected chi connectivity index (χ1v) is 6.14. The van der Waals surface area contributed by atoms with Gasteiger partial charge in [-0.25, -0.2) is 4.98 Å². The van der Waals surface area contributed by atoms with Crippen LogP contribution >= 0.6 is 11.6 Å². The first-order chi connectivity index (χ1) is 7.75. The third kappa shape index (κ3) is 1.65. The van der Waals surface area contributed by atoms with Gasteiger partial charge in [-0.1, -0.05) is 11.6 Å². The zero-order valence-corrected chi connectivity index (χ0v) is 9.78. The molecule has 1 saturated heterocycles. The van der Waals surface area contributed by atoms with E-state index in [9.17, 15) is 5.11 Å². The molecule has 1 aromatic rings. The fourth-order valence-electron chi connectivity index (χ4n) is 2.57. The summed E-state index contributed by atoms with van der Waals surface area (Å²) < 4.78 is 7.56. The molecule has 0 saturated carbocycles. The average molecular weight is 243 g/mol. The van der Waals surface area contributed by atoms with E-state index in [4.69, 9.17) is 16.3 Å². The van der Waals surface area contributed by atoms with Crippen molar-refractivity contribution >= 4 is 11.6 Å². The maximum absolute atomic E-state index is 9.63. The van der Waals surface area contributed by atoms with E-state index < -0.39 is 0 Å². The van der Waals surface area contributed by atoms with Gasteiger partial charge in [0.15, 0.2) is 5.15 Å². The molecular formula is C11H15ClN2O2. The molecule has 3 rings (SSSR count). The number of ether oxygens (including phenoxy) is 1. The Balaban J connectivity index is 1.97. The van der Waals surface area contributed by atoms with Crippen LogP contribution in [-0.2, 0) is 17.7 Å². The minimum absolute atomic E-state index is 0.269. The number of fused-ring (bicyclic) bond motifs is 1. The highest BCUT2D eigenvalue weighted by molar-refractivity contribution is 6.30. The topological polar surface area (TPSA) is 47.3 Å². The number of hydrogen-bond donors (Lipinski definition) is 1. The molecule has 1 aromatic heterocycles. The van der Waals surface area contributed by atoms with E-state index in [0.29, 0.717) is 17.5 Å². The fraction of sp³-hybridized carbons (Fsp3) is 0.727. The fourth-order valence-corrected chi connectivity index (χ4v) is 2.84. The third-order valence-electron chi connectivity index (χ3n) is 3.46. The molecule has 4 nitrogen and oxygen atoms in total. The van der Waals surface area contributed by atoms with Crippen LogP contribution in [0.1, 0.15) is 30.3 Å². The lowest BCUT2D eigenvalue weighted by Gasteiger charge is -2.22. The maximum Gasteiger partial charge on any atom is 0.150 e. The molecular weight excluding hydrogens is 228 g/mol. The standard InChI is InChI=1S/C11H15ClN2O2/c12-10-9-5-8(15)1-3-14(9)11(13-10)7-2-4-16-6-7/h7-8,15H,1-6H2. The van der Waals surface area contributed by atoms with Crippen LogP contribution in [0.3, 0.4) is 0 Å². The zero-order chi connectivity index (χ0) is 11.1. The molecule has 5 heteroatoms. The van der Waals surface area contributed by atoms with E-state index in [1.165, 1.54) is 0 Å². The van der Waals surface area contributed by atoms with E-state index in [1.807, 2.05) is 0 Å². The highest BCUT2D eigenvalue weighted by Gasteiger charge is 2.29. The summed E-state index contributed by atoms with van der Waals surface area (Å²) >= 11 is 6.12. The van der Waals surface area contributed by atoms with E-state index in [-0.39, 0.29) is 6.10 Å². The van der Waals surface area contributed by atoms with Crippen molar-refractivity contribution in [3.8, 4) is 0 Å². The molecule has 0 aliphatic carbocycles. The second-order valence-corrected chi connectivity index (χ2v) is 4.92. The van der Waals surface area contributed by atoms with Gasteiger partial charge in [-0.05, 0) is 12.8 Å². The molecule has 88 valence electrons. The zero-order valence-electron chi connectivity index (χ0n) is 9.03. The van der Waals surface area contributed by atoms with Crippen LogP contribution in [0.2, 0.25) is 5.15 Å². The Kier molecular flexibility index (Phi) is 2.65. The van der Waals surface area contributed by atoms with Gasteiger partial charge in [-0.15, -0.1) is 0 Å². The molecule has 2 aliphatic heterocycles. The molecule has 1 fully saturated rings. The Morgan fingerprint density at radius 3 is 3.06 bits per heavy atom. The molecule has 0 amide bonds. The lowest BCUT2D eigenvalue weighted by atomic mass is 10.1. The molecule has 1 N–H and O–H groups in total. The molecule has 0 bridgehead atoms. The number of hydrogen-bond acceptors (Lipinski definition) is 3. The maximum atomic E-state index is 9.63. The van der Waals surface area contributed by atoms with Crippen LogP contribution in [0.4, 0.5) is 0 Å². The van der Waals surface area contributed by atoms with Crippen molar-refractivity contribution in [3.63, 3.8) is 0 Å². The van der Waals surface area contributed by atoms with Crippen molar-refractivity contribution in [2.45, 2.75) is 37.8 Å². The van der Waals surface area contributed by atoms with Crippen molar-refractivity contribution in [1.29, 1.82) is 0 Å². The van der Waals surface area contributed by atoms with E-state index in [1.54, 1.807) is 0 Å². The minimum Gasteiger partial charge on any atom is -0.393 e. The second kappa shape index (κ2) is 4.02. The Morgan fingerprint density at radius 1 is 1.44 bits per heavy atom. The van der Waals surface area contributed by atoms with Crippen LogP contribution in [0.15, 0.2) is 0 Å². The van der Waals surface area contributed by atoms with Gasteiger partial charge in [-0.2, -0.15) is 0 Å². The number of nitrogens with zero attached hydrogens (tertiary/aromatic N) is 2. The Labute approximate surface area is 99.2 Å². The van der Waals surface area contributed by atoms with E-state index in [2.05, 4.69) is 9.55 Å². The number of rotatable bonds is 1. The SMILES string of the molecule is OC1CCn2c(C3CCOC3)nc(Cl)c2C1. The van der Waals surface area contributed by atoms with Gasteiger partial charge in [0.25, 0.3) is 0 Å². The van der Waals surface area contributed by atoms with Crippen molar-refractivity contribution in [2.24, 2.45) is 0 Å². The van der Waals surface area contributed by atoms with Gasteiger partial charge in [0.1, 0.15) is 5.82 Å². The van der Waals surface area contributed by atoms with Gasteiger partial charge in [0.2, 0.25) is 0 Å². The Hall–Kier alpha value is -0.580. The lowest BCUT2D eigenvalue weighted by molar-refractivity contribution is 0.142. The second-order valence-electron chi connectivity index (χ2n) is 4.57. The molecule has 2 unspecified atom stereocenters. The van der Waals surface area contributed by atoms with Gasteiger partial charge in [0, 0.05) is 25.5 Å². The van der Waals surface area contributed by atoms with Crippen LogP contribution in [-0.4, -0.2) is 34.0 Å². The lowest BCUT2D eigenvalue weighted by Crippen LogP contribution is -2.24. The number of aliphatic hydroxyl groups excluding tert-OH is 1. The molecule has 0 radical (unpaired) electrons. The summed E-state index contributed by atoms with van der Waals surface area (Å²) in [5.41, 5.74) is 0.988. The molecule has 2 atom stereocenters. The van der Waals surface area contributed by atoms with E-state index in [0.717, 1.165) is 44.1 Å². The summed E-state index contributed by atoms with van der Waals surface area (Å²) in [6.45, 7) is 2.38. The Bertz CT molecular complexity index is 399. The summed E-state index contributed by atoms with van der Waals surface area (Å²) in [5.74, 6) is 1.42. The van der Waals surface area contributed by atoms with Crippen molar-refractivity contribution in [3.05, 3.63) is 16.7 Å². The molecule has 16 heavy (non-hydrogen) atoms. The van der Waals surface area contributed by atoms with Gasteiger partial charge in [-0.3, -0.25) is 0 Å². The minimum atomic E-state index is -0.269. The Morgan fingerprint density at radius 2 is 2.31 bits per heavy atom. The van der Waals surface area contributed by atoms with Crippen LogP contribution in [0.25, 0.3) is 0 Å². The predicted octanol–water partition coefficient (Wildman–Crippen LogP) is 1.35. The predicted molar refractivity (Wildman–Crippen MR) is 59.7 cm³/mol. The van der Waals surface area contributed by atoms with Crippen LogP contribution in [0, 0.1) is 0 Å². The normalized spacial score (nSPS) is 29.4. The smallest absolute Gasteiger partial charge is 0.150 e. The summed E-state index contributed by atoms with van der Waals surface area (Å²) in [6.07, 6.45) is 2.17. The summed E-state index contributed by atoms with van der Waals surface area (Å²) in [7, 11) is 0. The number of aromatic nitrogens is 2. The summed E-state index contributed by atoms with van der Waals surface area (Å²) in [4.78, 5) is 4.45. The third-order valence-corrected chi connectivity index (χ3v) is 3.77. The van der Waals surface area contributed by atoms with Crippen molar-refractivity contribution in [2.75, 3.05) is 13.2 Å². The van der Waals surface area contributed by atoms with Gasteiger partial charge in [0.05, 0.1) is 18.4 Å². The first kappa shape index (κ1) is 10.6. The number of imidazole rings is 1. The van der Waals surface area contributed by atoms with E-state index >= 15 is 0 Å². The van der Waals surface area contributed by atoms with Gasteiger partial charge >= 0.3 is 0 Å². The highest BCUT2D eigenvalue weighted by Crippen LogP contribution is 2.31. The first-order valence-electron chi connectivity index (χ1n) is 5.76. The molecule has 3 heterocycles. The van der Waals surface area contributed by atoms with Gasteiger partial charge < -0.3 is 14.4 Å². The average Bonchev–Trinajstić information content (AvgIpc) is 2.87. The molecule has 0 aromatic carbocycles. The van der Waals surface area contributed by atoms with Crippen molar-refractivity contribution in [1.82, 2.24) is 9.55 Å². The largest absolute Gasteiger partial charge is 0.393 e. The highest BCUT2D eigenvalue weighted by atomic mass is 35.5. The number of halogens is 1. The molecule has 0 spiro atoms. The number of aliphatic hydroxyl groups is 1. The quantitative estimate of drug-likeness (QED) is 0.809. The molecule has 2 aliphatic rings. The van der Waals surface area contributed by atoms with Crippen LogP contribution < -0.4 is 0 Å². The van der Waals surface area contributed by atoms with Crippen molar-refractivity contribution < 1.29 is 9.84 Å². The summed E-state index contributed by atoms with van der Waals surface area (Å²) in [6, 6.07) is 0. The van der Waals surface area contributed by atoms with Crippen LogP contribution in [0.5, 0.6) is 0 Å².